The number of hydrogen-bond donors (Lipinski definition) is 0. The van der Waals surface area contributed by atoms with Crippen molar-refractivity contribution in [2.24, 2.45) is 0 Å². The first-order valence-corrected chi connectivity index (χ1v) is 12.1. The lowest BCUT2D eigenvalue weighted by Gasteiger charge is -2.39. The molecule has 2 aliphatic rings. The lowest BCUT2D eigenvalue weighted by Crippen LogP contribution is -2.48. The van der Waals surface area contributed by atoms with Gasteiger partial charge in [-0.15, -0.1) is 0 Å². The molecule has 2 heterocycles. The third kappa shape index (κ3) is 6.86. The summed E-state index contributed by atoms with van der Waals surface area (Å²) in [6.45, 7) is 4.51. The first-order chi connectivity index (χ1) is 16.6. The Morgan fingerprint density at radius 1 is 1.06 bits per heavy atom. The van der Waals surface area contributed by atoms with E-state index in [1.165, 1.54) is 12.1 Å². The standard InChI is InChI=1S/C27H32FN3O3/c28-24-7-5-23(6-8-24)19-31(27(32)17-21-1-3-22(18-29)4-2-21)25-9-13-30(14-10-25)15-11-26-12-16-33-20-34-26/h1-8,25-26H,9-17,19-20H2. The van der Waals surface area contributed by atoms with Crippen LogP contribution in [0.4, 0.5) is 4.39 Å². The van der Waals surface area contributed by atoms with Crippen LogP contribution in [0.1, 0.15) is 42.4 Å². The second kappa shape index (κ2) is 12.1. The van der Waals surface area contributed by atoms with E-state index < -0.39 is 0 Å². The van der Waals surface area contributed by atoms with Gasteiger partial charge in [0.05, 0.1) is 30.8 Å². The van der Waals surface area contributed by atoms with Crippen molar-refractivity contribution in [3.63, 3.8) is 0 Å². The lowest BCUT2D eigenvalue weighted by atomic mass is 10.00. The molecule has 180 valence electrons. The number of ether oxygens (including phenoxy) is 2. The van der Waals surface area contributed by atoms with E-state index in [1.54, 1.807) is 24.3 Å². The van der Waals surface area contributed by atoms with Crippen LogP contribution in [0.5, 0.6) is 0 Å². The summed E-state index contributed by atoms with van der Waals surface area (Å²) in [5, 5.41) is 9.02. The fourth-order valence-corrected chi connectivity index (χ4v) is 4.69. The number of likely N-dealkylation sites (tertiary alicyclic amines) is 1. The van der Waals surface area contributed by atoms with Crippen LogP contribution >= 0.6 is 0 Å². The van der Waals surface area contributed by atoms with E-state index in [0.717, 1.165) is 63.1 Å². The number of nitriles is 1. The number of carbonyl (C=O) groups is 1. The molecule has 2 aromatic rings. The molecule has 6 nitrogen and oxygen atoms in total. The molecule has 34 heavy (non-hydrogen) atoms. The Morgan fingerprint density at radius 2 is 1.76 bits per heavy atom. The molecule has 1 unspecified atom stereocenters. The average molecular weight is 466 g/mol. The van der Waals surface area contributed by atoms with Gasteiger partial charge in [0, 0.05) is 32.2 Å². The molecule has 0 aliphatic carbocycles. The zero-order valence-electron chi connectivity index (χ0n) is 19.5. The van der Waals surface area contributed by atoms with Gasteiger partial charge in [-0.2, -0.15) is 5.26 Å². The topological polar surface area (TPSA) is 65.8 Å². The number of hydrogen-bond acceptors (Lipinski definition) is 5. The summed E-state index contributed by atoms with van der Waals surface area (Å²) >= 11 is 0. The molecular weight excluding hydrogens is 433 g/mol. The van der Waals surface area contributed by atoms with Gasteiger partial charge in [0.2, 0.25) is 5.91 Å². The van der Waals surface area contributed by atoms with E-state index in [2.05, 4.69) is 11.0 Å². The van der Waals surface area contributed by atoms with Gasteiger partial charge in [0.25, 0.3) is 0 Å². The number of carbonyl (C=O) groups excluding carboxylic acids is 1. The van der Waals surface area contributed by atoms with Crippen LogP contribution in [-0.4, -0.2) is 60.9 Å². The summed E-state index contributed by atoms with van der Waals surface area (Å²) in [5.74, 6) is -0.218. The molecule has 4 rings (SSSR count). The van der Waals surface area contributed by atoms with E-state index in [9.17, 15) is 9.18 Å². The minimum atomic E-state index is -0.277. The Morgan fingerprint density at radius 3 is 2.41 bits per heavy atom. The Kier molecular flexibility index (Phi) is 8.64. The number of amides is 1. The third-order valence-electron chi connectivity index (χ3n) is 6.76. The van der Waals surface area contributed by atoms with Gasteiger partial charge in [-0.25, -0.2) is 4.39 Å². The van der Waals surface area contributed by atoms with E-state index in [1.807, 2.05) is 17.0 Å². The van der Waals surface area contributed by atoms with Gasteiger partial charge in [-0.1, -0.05) is 24.3 Å². The molecular formula is C27H32FN3O3. The molecule has 0 N–H and O–H groups in total. The first-order valence-electron chi connectivity index (χ1n) is 12.1. The molecule has 0 spiro atoms. The summed E-state index contributed by atoms with van der Waals surface area (Å²) in [6.07, 6.45) is 4.34. The Bertz CT molecular complexity index is 960. The van der Waals surface area contributed by atoms with Crippen LogP contribution in [0.3, 0.4) is 0 Å². The third-order valence-corrected chi connectivity index (χ3v) is 6.76. The van der Waals surface area contributed by atoms with Crippen molar-refractivity contribution >= 4 is 5.91 Å². The maximum absolute atomic E-state index is 13.4. The van der Waals surface area contributed by atoms with Crippen molar-refractivity contribution in [2.45, 2.75) is 50.8 Å². The second-order valence-corrected chi connectivity index (χ2v) is 9.10. The predicted octanol–water partition coefficient (Wildman–Crippen LogP) is 3.89. The van der Waals surface area contributed by atoms with Crippen molar-refractivity contribution in [1.82, 2.24) is 9.80 Å². The van der Waals surface area contributed by atoms with E-state index in [0.29, 0.717) is 18.9 Å². The maximum atomic E-state index is 13.4. The summed E-state index contributed by atoms with van der Waals surface area (Å²) in [5.41, 5.74) is 2.40. The SMILES string of the molecule is N#Cc1ccc(CC(=O)N(Cc2ccc(F)cc2)C2CCN(CCC3CCOCO3)CC2)cc1. The highest BCUT2D eigenvalue weighted by atomic mass is 19.1. The highest BCUT2D eigenvalue weighted by Gasteiger charge is 2.28. The lowest BCUT2D eigenvalue weighted by molar-refractivity contribution is -0.142. The highest BCUT2D eigenvalue weighted by molar-refractivity contribution is 5.79. The smallest absolute Gasteiger partial charge is 0.227 e. The van der Waals surface area contributed by atoms with Crippen LogP contribution < -0.4 is 0 Å². The number of benzene rings is 2. The fourth-order valence-electron chi connectivity index (χ4n) is 4.69. The number of halogens is 1. The zero-order valence-corrected chi connectivity index (χ0v) is 19.5. The van der Waals surface area contributed by atoms with Crippen LogP contribution in [0.15, 0.2) is 48.5 Å². The molecule has 7 heteroatoms. The summed E-state index contributed by atoms with van der Waals surface area (Å²) < 4.78 is 24.3. The molecule has 2 aromatic carbocycles. The minimum Gasteiger partial charge on any atom is -0.355 e. The zero-order chi connectivity index (χ0) is 23.8. The number of nitrogens with zero attached hydrogens (tertiary/aromatic N) is 3. The fraction of sp³-hybridized carbons (Fsp3) is 0.481. The van der Waals surface area contributed by atoms with Crippen LogP contribution in [0, 0.1) is 17.1 Å². The first kappa shape index (κ1) is 24.3. The molecule has 0 aromatic heterocycles. The van der Waals surface area contributed by atoms with Gasteiger partial charge < -0.3 is 19.3 Å². The summed E-state index contributed by atoms with van der Waals surface area (Å²) in [4.78, 5) is 17.8. The monoisotopic (exact) mass is 465 g/mol. The molecule has 0 saturated carbocycles. The molecule has 2 saturated heterocycles. The van der Waals surface area contributed by atoms with Crippen LogP contribution in [0.25, 0.3) is 0 Å². The predicted molar refractivity (Wildman–Crippen MR) is 126 cm³/mol. The van der Waals surface area contributed by atoms with Gasteiger partial charge in [-0.05, 0) is 61.1 Å². The average Bonchev–Trinajstić information content (AvgIpc) is 2.88. The van der Waals surface area contributed by atoms with Gasteiger partial charge in [0.15, 0.2) is 0 Å². The second-order valence-electron chi connectivity index (χ2n) is 9.10. The van der Waals surface area contributed by atoms with Crippen molar-refractivity contribution in [1.29, 1.82) is 5.26 Å². The minimum absolute atomic E-state index is 0.0584. The van der Waals surface area contributed by atoms with Crippen LogP contribution in [-0.2, 0) is 27.2 Å². The van der Waals surface area contributed by atoms with E-state index in [-0.39, 0.29) is 30.3 Å². The Hall–Kier alpha value is -2.79. The van der Waals surface area contributed by atoms with E-state index in [4.69, 9.17) is 14.7 Å². The molecule has 2 aliphatic heterocycles. The molecule has 2 fully saturated rings. The Labute approximate surface area is 200 Å². The Balaban J connectivity index is 1.37. The number of rotatable bonds is 8. The van der Waals surface area contributed by atoms with Gasteiger partial charge >= 0.3 is 0 Å². The van der Waals surface area contributed by atoms with Crippen molar-refractivity contribution in [3.05, 3.63) is 71.0 Å². The van der Waals surface area contributed by atoms with Crippen molar-refractivity contribution in [3.8, 4) is 6.07 Å². The number of piperidine rings is 1. The molecule has 1 amide bonds. The quantitative estimate of drug-likeness (QED) is 0.592. The van der Waals surface area contributed by atoms with Crippen LogP contribution in [0.2, 0.25) is 0 Å². The summed E-state index contributed by atoms with van der Waals surface area (Å²) in [6, 6.07) is 15.8. The van der Waals surface area contributed by atoms with Gasteiger partial charge in [0.1, 0.15) is 12.6 Å². The van der Waals surface area contributed by atoms with Crippen molar-refractivity contribution in [2.75, 3.05) is 33.0 Å². The van der Waals surface area contributed by atoms with Crippen molar-refractivity contribution < 1.29 is 18.7 Å². The molecule has 0 radical (unpaired) electrons. The maximum Gasteiger partial charge on any atom is 0.227 e. The van der Waals surface area contributed by atoms with E-state index >= 15 is 0 Å². The van der Waals surface area contributed by atoms with Gasteiger partial charge in [-0.3, -0.25) is 4.79 Å². The highest BCUT2D eigenvalue weighted by Crippen LogP contribution is 2.22. The normalized spacial score (nSPS) is 19.5. The largest absolute Gasteiger partial charge is 0.355 e. The molecule has 1 atom stereocenters. The summed E-state index contributed by atoms with van der Waals surface area (Å²) in [7, 11) is 0. The molecule has 0 bridgehead atoms.